The average Bonchev–Trinajstić information content (AvgIpc) is 2.76. The third kappa shape index (κ3) is 4.01. The Balaban J connectivity index is 1.93. The molecular formula is C14H20N2O4S. The fourth-order valence-corrected chi connectivity index (χ4v) is 4.62. The van der Waals surface area contributed by atoms with Crippen LogP contribution in [0.15, 0.2) is 24.3 Å². The molecule has 1 aromatic rings. The van der Waals surface area contributed by atoms with Gasteiger partial charge in [-0.3, -0.25) is 10.1 Å². The standard InChI is InChI=1S/C14H20N2O4S/c1-15(11-13-6-4-10-21(13,19)20)9-8-12-5-2-3-7-14(12)16(17)18/h2-3,5,7,13H,4,6,8-11H2,1H3. The Kier molecular flexibility index (Phi) is 4.95. The number of likely N-dealkylation sites (N-methyl/N-ethyl adjacent to an activating group) is 1. The normalized spacial score (nSPS) is 20.8. The fourth-order valence-electron chi connectivity index (χ4n) is 2.71. The van der Waals surface area contributed by atoms with E-state index in [2.05, 4.69) is 0 Å². The molecule has 1 aliphatic rings. The highest BCUT2D eigenvalue weighted by atomic mass is 32.2. The first-order valence-corrected chi connectivity index (χ1v) is 8.74. The van der Waals surface area contributed by atoms with Crippen LogP contribution in [0.2, 0.25) is 0 Å². The summed E-state index contributed by atoms with van der Waals surface area (Å²) in [5.74, 6) is 0.287. The molecule has 7 heteroatoms. The zero-order chi connectivity index (χ0) is 15.5. The molecule has 0 saturated carbocycles. The molecular weight excluding hydrogens is 292 g/mol. The first-order chi connectivity index (χ1) is 9.90. The molecule has 1 saturated heterocycles. The van der Waals surface area contributed by atoms with Crippen molar-refractivity contribution in [3.8, 4) is 0 Å². The maximum Gasteiger partial charge on any atom is 0.272 e. The summed E-state index contributed by atoms with van der Waals surface area (Å²) in [7, 11) is -1.07. The van der Waals surface area contributed by atoms with Crippen LogP contribution in [0.1, 0.15) is 18.4 Å². The maximum atomic E-state index is 11.8. The quantitative estimate of drug-likeness (QED) is 0.589. The molecule has 21 heavy (non-hydrogen) atoms. The van der Waals surface area contributed by atoms with Gasteiger partial charge in [-0.2, -0.15) is 0 Å². The van der Waals surface area contributed by atoms with E-state index in [0.29, 0.717) is 25.1 Å². The van der Waals surface area contributed by atoms with Crippen LogP contribution >= 0.6 is 0 Å². The second-order valence-electron chi connectivity index (χ2n) is 5.53. The molecule has 0 amide bonds. The predicted octanol–water partition coefficient (Wildman–Crippen LogP) is 1.65. The van der Waals surface area contributed by atoms with Crippen molar-refractivity contribution < 1.29 is 13.3 Å². The number of hydrogen-bond acceptors (Lipinski definition) is 5. The minimum Gasteiger partial charge on any atom is -0.305 e. The minimum absolute atomic E-state index is 0.124. The molecule has 1 heterocycles. The summed E-state index contributed by atoms with van der Waals surface area (Å²) >= 11 is 0. The number of benzene rings is 1. The fraction of sp³-hybridized carbons (Fsp3) is 0.571. The van der Waals surface area contributed by atoms with E-state index in [0.717, 1.165) is 12.8 Å². The number of hydrogen-bond donors (Lipinski definition) is 0. The van der Waals surface area contributed by atoms with Crippen molar-refractivity contribution >= 4 is 15.5 Å². The Morgan fingerprint density at radius 3 is 2.71 bits per heavy atom. The lowest BCUT2D eigenvalue weighted by Crippen LogP contribution is -2.33. The summed E-state index contributed by atoms with van der Waals surface area (Å²) in [5, 5.41) is 10.7. The van der Waals surface area contributed by atoms with E-state index < -0.39 is 9.84 Å². The maximum absolute atomic E-state index is 11.8. The largest absolute Gasteiger partial charge is 0.305 e. The summed E-state index contributed by atoms with van der Waals surface area (Å²) < 4.78 is 23.6. The van der Waals surface area contributed by atoms with E-state index in [9.17, 15) is 18.5 Å². The molecule has 0 aromatic heterocycles. The summed E-state index contributed by atoms with van der Waals surface area (Å²) in [4.78, 5) is 12.5. The zero-order valence-corrected chi connectivity index (χ0v) is 12.9. The van der Waals surface area contributed by atoms with E-state index in [1.165, 1.54) is 6.07 Å². The molecule has 0 N–H and O–H groups in total. The van der Waals surface area contributed by atoms with Crippen molar-refractivity contribution in [3.63, 3.8) is 0 Å². The van der Waals surface area contributed by atoms with E-state index in [4.69, 9.17) is 0 Å². The molecule has 0 radical (unpaired) electrons. The van der Waals surface area contributed by atoms with Gasteiger partial charge in [-0.1, -0.05) is 18.2 Å². The van der Waals surface area contributed by atoms with Crippen molar-refractivity contribution in [2.75, 3.05) is 25.9 Å². The van der Waals surface area contributed by atoms with Gasteiger partial charge in [0.05, 0.1) is 15.9 Å². The summed E-state index contributed by atoms with van der Waals surface area (Å²) in [6.07, 6.45) is 2.00. The zero-order valence-electron chi connectivity index (χ0n) is 12.1. The molecule has 1 aliphatic heterocycles. The molecule has 1 fully saturated rings. The topological polar surface area (TPSA) is 80.5 Å². The van der Waals surface area contributed by atoms with E-state index in [1.807, 2.05) is 11.9 Å². The van der Waals surface area contributed by atoms with E-state index in [1.54, 1.807) is 18.2 Å². The molecule has 2 rings (SSSR count). The lowest BCUT2D eigenvalue weighted by molar-refractivity contribution is -0.385. The number of nitro benzene ring substituents is 1. The minimum atomic E-state index is -2.94. The predicted molar refractivity (Wildman–Crippen MR) is 81.1 cm³/mol. The van der Waals surface area contributed by atoms with E-state index in [-0.39, 0.29) is 21.6 Å². The Hall–Kier alpha value is -1.47. The molecule has 1 atom stereocenters. The Morgan fingerprint density at radius 2 is 2.10 bits per heavy atom. The highest BCUT2D eigenvalue weighted by molar-refractivity contribution is 7.92. The Labute approximate surface area is 124 Å². The van der Waals surface area contributed by atoms with Gasteiger partial charge in [0.15, 0.2) is 9.84 Å². The van der Waals surface area contributed by atoms with Gasteiger partial charge in [0.25, 0.3) is 5.69 Å². The first kappa shape index (κ1) is 15.9. The number of nitro groups is 1. The lowest BCUT2D eigenvalue weighted by Gasteiger charge is -2.20. The third-order valence-electron chi connectivity index (χ3n) is 3.93. The van der Waals surface area contributed by atoms with Crippen LogP contribution in [0.4, 0.5) is 5.69 Å². The Bertz CT molecular complexity index is 615. The van der Waals surface area contributed by atoms with Crippen LogP contribution in [0.5, 0.6) is 0 Å². The van der Waals surface area contributed by atoms with Crippen molar-refractivity contribution in [2.45, 2.75) is 24.5 Å². The molecule has 0 bridgehead atoms. The van der Waals surface area contributed by atoms with Crippen LogP contribution < -0.4 is 0 Å². The lowest BCUT2D eigenvalue weighted by atomic mass is 10.1. The van der Waals surface area contributed by atoms with Crippen LogP contribution in [-0.2, 0) is 16.3 Å². The second-order valence-corrected chi connectivity index (χ2v) is 7.93. The van der Waals surface area contributed by atoms with Gasteiger partial charge >= 0.3 is 0 Å². The third-order valence-corrected chi connectivity index (χ3v) is 6.19. The van der Waals surface area contributed by atoms with Crippen molar-refractivity contribution in [1.29, 1.82) is 0 Å². The Morgan fingerprint density at radius 1 is 1.38 bits per heavy atom. The highest BCUT2D eigenvalue weighted by Gasteiger charge is 2.31. The SMILES string of the molecule is CN(CCc1ccccc1[N+](=O)[O-])CC1CCCS1(=O)=O. The van der Waals surface area contributed by atoms with Gasteiger partial charge in [0.2, 0.25) is 0 Å². The molecule has 1 aromatic carbocycles. The summed E-state index contributed by atoms with van der Waals surface area (Å²) in [5.41, 5.74) is 0.808. The van der Waals surface area contributed by atoms with Gasteiger partial charge in [-0.05, 0) is 26.3 Å². The molecule has 1 unspecified atom stereocenters. The summed E-state index contributed by atoms with van der Waals surface area (Å²) in [6, 6.07) is 6.68. The van der Waals surface area contributed by atoms with Crippen LogP contribution in [0, 0.1) is 10.1 Å². The monoisotopic (exact) mass is 312 g/mol. The molecule has 6 nitrogen and oxygen atoms in total. The van der Waals surface area contributed by atoms with Crippen molar-refractivity contribution in [2.24, 2.45) is 0 Å². The number of sulfone groups is 1. The molecule has 116 valence electrons. The highest BCUT2D eigenvalue weighted by Crippen LogP contribution is 2.21. The second kappa shape index (κ2) is 6.53. The van der Waals surface area contributed by atoms with Gasteiger partial charge in [0.1, 0.15) is 0 Å². The smallest absolute Gasteiger partial charge is 0.272 e. The summed E-state index contributed by atoms with van der Waals surface area (Å²) in [6.45, 7) is 1.11. The van der Waals surface area contributed by atoms with Crippen molar-refractivity contribution in [3.05, 3.63) is 39.9 Å². The molecule has 0 spiro atoms. The number of rotatable bonds is 6. The van der Waals surface area contributed by atoms with Crippen LogP contribution in [0.3, 0.4) is 0 Å². The number of nitrogens with zero attached hydrogens (tertiary/aromatic N) is 2. The van der Waals surface area contributed by atoms with E-state index >= 15 is 0 Å². The van der Waals surface area contributed by atoms with Crippen LogP contribution in [0.25, 0.3) is 0 Å². The van der Waals surface area contributed by atoms with Gasteiger partial charge in [0, 0.05) is 24.7 Å². The van der Waals surface area contributed by atoms with Gasteiger partial charge in [-0.25, -0.2) is 8.42 Å². The van der Waals surface area contributed by atoms with Crippen LogP contribution in [-0.4, -0.2) is 49.4 Å². The number of para-hydroxylation sites is 1. The van der Waals surface area contributed by atoms with Crippen molar-refractivity contribution in [1.82, 2.24) is 4.90 Å². The first-order valence-electron chi connectivity index (χ1n) is 7.02. The average molecular weight is 312 g/mol. The molecule has 0 aliphatic carbocycles. The van der Waals surface area contributed by atoms with Gasteiger partial charge < -0.3 is 4.90 Å². The van der Waals surface area contributed by atoms with Gasteiger partial charge in [-0.15, -0.1) is 0 Å².